The van der Waals surface area contributed by atoms with Gasteiger partial charge in [-0.3, -0.25) is 14.5 Å². The van der Waals surface area contributed by atoms with E-state index in [1.807, 2.05) is 45.9 Å². The molecular formula is C20H29N3O3. The summed E-state index contributed by atoms with van der Waals surface area (Å²) in [5.41, 5.74) is 2.89. The Morgan fingerprint density at radius 3 is 2.27 bits per heavy atom. The third-order valence-corrected chi connectivity index (χ3v) is 3.97. The summed E-state index contributed by atoms with van der Waals surface area (Å²) in [6, 6.07) is 8.02. The minimum Gasteiger partial charge on any atom is -0.465 e. The van der Waals surface area contributed by atoms with E-state index in [0.29, 0.717) is 13.2 Å². The summed E-state index contributed by atoms with van der Waals surface area (Å²) in [7, 11) is 0. The average molecular weight is 359 g/mol. The summed E-state index contributed by atoms with van der Waals surface area (Å²) >= 11 is 0. The molecule has 0 radical (unpaired) electrons. The molecule has 1 amide bonds. The number of nitrogens with zero attached hydrogens (tertiary/aromatic N) is 3. The Balaban J connectivity index is 2.99. The zero-order valence-corrected chi connectivity index (χ0v) is 16.4. The largest absolute Gasteiger partial charge is 0.465 e. The number of amides is 1. The van der Waals surface area contributed by atoms with Crippen LogP contribution in [-0.4, -0.2) is 49.1 Å². The maximum absolute atomic E-state index is 12.9. The molecule has 6 nitrogen and oxygen atoms in total. The van der Waals surface area contributed by atoms with Crippen molar-refractivity contribution >= 4 is 17.6 Å². The molecule has 0 spiro atoms. The maximum atomic E-state index is 12.9. The highest BCUT2D eigenvalue weighted by molar-refractivity contribution is 5.95. The monoisotopic (exact) mass is 359 g/mol. The number of hydrogen-bond acceptors (Lipinski definition) is 5. The van der Waals surface area contributed by atoms with Gasteiger partial charge < -0.3 is 9.64 Å². The third-order valence-electron chi connectivity index (χ3n) is 3.97. The second-order valence-electron chi connectivity index (χ2n) is 6.60. The van der Waals surface area contributed by atoms with E-state index in [1.165, 1.54) is 0 Å². The lowest BCUT2D eigenvalue weighted by Crippen LogP contribution is -2.45. The van der Waals surface area contributed by atoms with Crippen molar-refractivity contribution in [2.75, 3.05) is 31.1 Å². The molecule has 1 aromatic carbocycles. The van der Waals surface area contributed by atoms with Crippen LogP contribution in [0.2, 0.25) is 0 Å². The molecule has 0 aromatic heterocycles. The molecule has 0 atom stereocenters. The second kappa shape index (κ2) is 10.6. The molecule has 0 saturated carbocycles. The number of benzene rings is 1. The van der Waals surface area contributed by atoms with Gasteiger partial charge in [0.2, 0.25) is 5.91 Å². The Kier molecular flexibility index (Phi) is 8.80. The summed E-state index contributed by atoms with van der Waals surface area (Å²) in [5, 5.41) is 8.94. The second-order valence-corrected chi connectivity index (χ2v) is 6.60. The van der Waals surface area contributed by atoms with Crippen molar-refractivity contribution in [1.29, 1.82) is 5.26 Å². The number of carbonyl (C=O) groups excluding carboxylic acids is 2. The van der Waals surface area contributed by atoms with E-state index < -0.39 is 0 Å². The molecule has 0 N–H and O–H groups in total. The lowest BCUT2D eigenvalue weighted by Gasteiger charge is -2.29. The Labute approximate surface area is 156 Å². The van der Waals surface area contributed by atoms with Crippen molar-refractivity contribution in [2.24, 2.45) is 0 Å². The van der Waals surface area contributed by atoms with Crippen LogP contribution in [0, 0.1) is 25.2 Å². The van der Waals surface area contributed by atoms with Crippen molar-refractivity contribution < 1.29 is 14.3 Å². The number of nitriles is 1. The van der Waals surface area contributed by atoms with Crippen LogP contribution in [0.5, 0.6) is 0 Å². The molecule has 0 aliphatic carbocycles. The standard InChI is InChI=1S/C20H29N3O3/c1-6-26-20(25)14-22(15(2)3)13-19(24)23(9-7-8-21)18-11-16(4)10-17(5)12-18/h10-12,15H,6-7,9,13-14H2,1-5H3. The van der Waals surface area contributed by atoms with Gasteiger partial charge in [-0.05, 0) is 57.9 Å². The van der Waals surface area contributed by atoms with E-state index in [0.717, 1.165) is 16.8 Å². The normalized spacial score (nSPS) is 10.7. The summed E-state index contributed by atoms with van der Waals surface area (Å²) in [4.78, 5) is 28.2. The van der Waals surface area contributed by atoms with Gasteiger partial charge in [-0.2, -0.15) is 5.26 Å². The van der Waals surface area contributed by atoms with Gasteiger partial charge in [0.05, 0.1) is 32.2 Å². The molecular weight excluding hydrogens is 330 g/mol. The number of carbonyl (C=O) groups is 2. The Morgan fingerprint density at radius 2 is 1.77 bits per heavy atom. The fourth-order valence-electron chi connectivity index (χ4n) is 2.72. The SMILES string of the molecule is CCOC(=O)CN(CC(=O)N(CCC#N)c1cc(C)cc(C)c1)C(C)C. The van der Waals surface area contributed by atoms with Crippen LogP contribution in [0.1, 0.15) is 38.3 Å². The van der Waals surface area contributed by atoms with Crippen LogP contribution >= 0.6 is 0 Å². The zero-order chi connectivity index (χ0) is 19.7. The average Bonchev–Trinajstić information content (AvgIpc) is 2.53. The highest BCUT2D eigenvalue weighted by Crippen LogP contribution is 2.20. The predicted octanol–water partition coefficient (Wildman–Crippen LogP) is 2.82. The Morgan fingerprint density at radius 1 is 1.15 bits per heavy atom. The fourth-order valence-corrected chi connectivity index (χ4v) is 2.72. The Bertz CT molecular complexity index is 645. The molecule has 0 aliphatic heterocycles. The third kappa shape index (κ3) is 6.85. The fraction of sp³-hybridized carbons (Fsp3) is 0.550. The first-order valence-corrected chi connectivity index (χ1v) is 8.93. The van der Waals surface area contributed by atoms with Crippen molar-refractivity contribution in [1.82, 2.24) is 4.90 Å². The first-order valence-electron chi connectivity index (χ1n) is 8.93. The minimum absolute atomic E-state index is 0.0143. The van der Waals surface area contributed by atoms with Gasteiger partial charge in [0, 0.05) is 18.3 Å². The molecule has 142 valence electrons. The van der Waals surface area contributed by atoms with Crippen LogP contribution in [-0.2, 0) is 14.3 Å². The first-order chi connectivity index (χ1) is 12.3. The zero-order valence-electron chi connectivity index (χ0n) is 16.4. The molecule has 0 bridgehead atoms. The van der Waals surface area contributed by atoms with E-state index in [4.69, 9.17) is 10.00 Å². The number of anilines is 1. The van der Waals surface area contributed by atoms with Crippen LogP contribution in [0.4, 0.5) is 5.69 Å². The van der Waals surface area contributed by atoms with Gasteiger partial charge in [-0.25, -0.2) is 0 Å². The smallest absolute Gasteiger partial charge is 0.320 e. The molecule has 0 unspecified atom stereocenters. The van der Waals surface area contributed by atoms with E-state index in [1.54, 1.807) is 16.7 Å². The van der Waals surface area contributed by atoms with Gasteiger partial charge in [0.25, 0.3) is 0 Å². The van der Waals surface area contributed by atoms with E-state index in [9.17, 15) is 9.59 Å². The van der Waals surface area contributed by atoms with Crippen LogP contribution in [0.25, 0.3) is 0 Å². The van der Waals surface area contributed by atoms with Crippen molar-refractivity contribution in [3.8, 4) is 6.07 Å². The minimum atomic E-state index is -0.344. The number of rotatable bonds is 9. The lowest BCUT2D eigenvalue weighted by atomic mass is 10.1. The lowest BCUT2D eigenvalue weighted by molar-refractivity contribution is -0.145. The summed E-state index contributed by atoms with van der Waals surface area (Å²) in [6.07, 6.45) is 0.248. The molecule has 0 fully saturated rings. The quantitative estimate of drug-likeness (QED) is 0.634. The topological polar surface area (TPSA) is 73.6 Å². The summed E-state index contributed by atoms with van der Waals surface area (Å²) < 4.78 is 5.00. The highest BCUT2D eigenvalue weighted by Gasteiger charge is 2.23. The molecule has 1 rings (SSSR count). The summed E-state index contributed by atoms with van der Waals surface area (Å²) in [5.74, 6) is -0.479. The first kappa shape index (κ1) is 21.7. The molecule has 26 heavy (non-hydrogen) atoms. The van der Waals surface area contributed by atoms with Crippen LogP contribution < -0.4 is 4.90 Å². The molecule has 0 saturated heterocycles. The van der Waals surface area contributed by atoms with E-state index >= 15 is 0 Å². The van der Waals surface area contributed by atoms with Crippen LogP contribution in [0.3, 0.4) is 0 Å². The molecule has 0 heterocycles. The van der Waals surface area contributed by atoms with E-state index in [-0.39, 0.29) is 37.4 Å². The van der Waals surface area contributed by atoms with Crippen molar-refractivity contribution in [3.63, 3.8) is 0 Å². The van der Waals surface area contributed by atoms with Gasteiger partial charge in [-0.15, -0.1) is 0 Å². The van der Waals surface area contributed by atoms with Gasteiger partial charge >= 0.3 is 5.97 Å². The molecule has 0 aliphatic rings. The number of esters is 1. The van der Waals surface area contributed by atoms with Crippen LogP contribution in [0.15, 0.2) is 18.2 Å². The van der Waals surface area contributed by atoms with Gasteiger partial charge in [0.1, 0.15) is 0 Å². The number of aryl methyl sites for hydroxylation is 2. The number of hydrogen-bond donors (Lipinski definition) is 0. The highest BCUT2D eigenvalue weighted by atomic mass is 16.5. The van der Waals surface area contributed by atoms with Gasteiger partial charge in [0.15, 0.2) is 0 Å². The van der Waals surface area contributed by atoms with Crippen molar-refractivity contribution in [2.45, 2.75) is 47.1 Å². The predicted molar refractivity (Wildman–Crippen MR) is 102 cm³/mol. The maximum Gasteiger partial charge on any atom is 0.320 e. The molecule has 1 aromatic rings. The Hall–Kier alpha value is -2.39. The van der Waals surface area contributed by atoms with Crippen molar-refractivity contribution in [3.05, 3.63) is 29.3 Å². The van der Waals surface area contributed by atoms with E-state index in [2.05, 4.69) is 6.07 Å². The summed E-state index contributed by atoms with van der Waals surface area (Å²) in [6.45, 7) is 10.4. The van der Waals surface area contributed by atoms with Gasteiger partial charge in [-0.1, -0.05) is 6.07 Å². The molecule has 6 heteroatoms. The number of ether oxygens (including phenoxy) is 1.